The van der Waals surface area contributed by atoms with Gasteiger partial charge in [0.1, 0.15) is 11.3 Å². The van der Waals surface area contributed by atoms with Gasteiger partial charge >= 0.3 is 0 Å². The lowest BCUT2D eigenvalue weighted by Gasteiger charge is -2.06. The molecule has 1 aromatic carbocycles. The molecule has 15 heavy (non-hydrogen) atoms. The van der Waals surface area contributed by atoms with Crippen LogP contribution in [0.4, 0.5) is 14.6 Å². The minimum absolute atomic E-state index is 0.0199. The van der Waals surface area contributed by atoms with Crippen LogP contribution in [0, 0.1) is 18.6 Å². The molecule has 0 saturated heterocycles. The highest BCUT2D eigenvalue weighted by atomic mass is 19.2. The minimum Gasteiger partial charge on any atom is -0.308 e. The minimum atomic E-state index is -0.955. The maximum Gasteiger partial charge on any atom is 0.185 e. The smallest absolute Gasteiger partial charge is 0.185 e. The summed E-state index contributed by atoms with van der Waals surface area (Å²) in [6.45, 7) is 1.78. The van der Waals surface area contributed by atoms with Gasteiger partial charge in [0, 0.05) is 5.39 Å². The molecule has 1 heterocycles. The number of aromatic nitrogens is 1. The Kier molecular flexibility index (Phi) is 2.24. The van der Waals surface area contributed by atoms with E-state index < -0.39 is 11.6 Å². The van der Waals surface area contributed by atoms with Crippen LogP contribution in [-0.2, 0) is 0 Å². The molecule has 0 saturated carbocycles. The Hall–Kier alpha value is -1.75. The highest BCUT2D eigenvalue weighted by Crippen LogP contribution is 2.22. The van der Waals surface area contributed by atoms with Gasteiger partial charge in [0.15, 0.2) is 11.6 Å². The van der Waals surface area contributed by atoms with E-state index in [1.165, 1.54) is 6.07 Å². The van der Waals surface area contributed by atoms with Gasteiger partial charge in [-0.25, -0.2) is 19.6 Å². The average molecular weight is 209 g/mol. The van der Waals surface area contributed by atoms with Gasteiger partial charge in [0.25, 0.3) is 0 Å². The van der Waals surface area contributed by atoms with E-state index in [-0.39, 0.29) is 5.52 Å². The Morgan fingerprint density at radius 3 is 2.73 bits per heavy atom. The van der Waals surface area contributed by atoms with E-state index in [2.05, 4.69) is 10.4 Å². The van der Waals surface area contributed by atoms with Crippen molar-refractivity contribution in [2.45, 2.75) is 6.92 Å². The second-order valence-electron chi connectivity index (χ2n) is 3.23. The van der Waals surface area contributed by atoms with Crippen molar-refractivity contribution in [2.24, 2.45) is 5.84 Å². The van der Waals surface area contributed by atoms with E-state index in [9.17, 15) is 8.78 Å². The summed E-state index contributed by atoms with van der Waals surface area (Å²) in [6, 6.07) is 4.25. The van der Waals surface area contributed by atoms with Gasteiger partial charge < -0.3 is 5.43 Å². The first-order valence-electron chi connectivity index (χ1n) is 4.35. The van der Waals surface area contributed by atoms with Crippen molar-refractivity contribution in [3.8, 4) is 0 Å². The van der Waals surface area contributed by atoms with Crippen LogP contribution in [0.5, 0.6) is 0 Å². The van der Waals surface area contributed by atoms with Crippen LogP contribution in [0.3, 0.4) is 0 Å². The topological polar surface area (TPSA) is 50.9 Å². The van der Waals surface area contributed by atoms with E-state index in [1.54, 1.807) is 13.0 Å². The van der Waals surface area contributed by atoms with Gasteiger partial charge in [-0.2, -0.15) is 0 Å². The summed E-state index contributed by atoms with van der Waals surface area (Å²) in [4.78, 5) is 3.90. The third-order valence-corrected chi connectivity index (χ3v) is 2.21. The number of hydrazine groups is 1. The van der Waals surface area contributed by atoms with E-state index in [0.29, 0.717) is 11.2 Å². The van der Waals surface area contributed by atoms with Crippen LogP contribution in [0.25, 0.3) is 10.9 Å². The number of nitrogens with one attached hydrogen (secondary N) is 1. The van der Waals surface area contributed by atoms with Crippen molar-refractivity contribution in [1.29, 1.82) is 0 Å². The number of benzene rings is 1. The zero-order chi connectivity index (χ0) is 11.0. The third kappa shape index (κ3) is 1.50. The SMILES string of the molecule is Cc1cc2ccc(F)c(F)c2nc1NN. The quantitative estimate of drug-likeness (QED) is 0.558. The molecule has 0 aliphatic carbocycles. The lowest BCUT2D eigenvalue weighted by molar-refractivity contribution is 0.515. The van der Waals surface area contributed by atoms with E-state index in [4.69, 9.17) is 5.84 Å². The van der Waals surface area contributed by atoms with Gasteiger partial charge in [0.2, 0.25) is 0 Å². The number of hydrogen-bond donors (Lipinski definition) is 2. The summed E-state index contributed by atoms with van der Waals surface area (Å²) in [5.74, 6) is 3.67. The highest BCUT2D eigenvalue weighted by Gasteiger charge is 2.10. The molecule has 5 heteroatoms. The maximum atomic E-state index is 13.3. The van der Waals surface area contributed by atoms with Gasteiger partial charge in [-0.15, -0.1) is 0 Å². The highest BCUT2D eigenvalue weighted by molar-refractivity contribution is 5.82. The molecule has 0 atom stereocenters. The lowest BCUT2D eigenvalue weighted by Crippen LogP contribution is -2.10. The van der Waals surface area contributed by atoms with E-state index in [0.717, 1.165) is 11.6 Å². The molecule has 0 bridgehead atoms. The fourth-order valence-electron chi connectivity index (χ4n) is 1.43. The van der Waals surface area contributed by atoms with Crippen molar-refractivity contribution in [3.63, 3.8) is 0 Å². The Balaban J connectivity index is 2.82. The maximum absolute atomic E-state index is 13.3. The Bertz CT molecular complexity index is 526. The fourth-order valence-corrected chi connectivity index (χ4v) is 1.43. The molecule has 0 aliphatic heterocycles. The lowest BCUT2D eigenvalue weighted by atomic mass is 10.1. The number of fused-ring (bicyclic) bond motifs is 1. The van der Waals surface area contributed by atoms with Crippen molar-refractivity contribution >= 4 is 16.7 Å². The van der Waals surface area contributed by atoms with Gasteiger partial charge in [0.05, 0.1) is 0 Å². The summed E-state index contributed by atoms with van der Waals surface area (Å²) < 4.78 is 26.3. The van der Waals surface area contributed by atoms with Crippen molar-refractivity contribution < 1.29 is 8.78 Å². The van der Waals surface area contributed by atoms with Crippen LogP contribution in [-0.4, -0.2) is 4.98 Å². The van der Waals surface area contributed by atoms with Crippen LogP contribution in [0.2, 0.25) is 0 Å². The van der Waals surface area contributed by atoms with Gasteiger partial charge in [-0.1, -0.05) is 0 Å². The van der Waals surface area contributed by atoms with Gasteiger partial charge in [-0.3, -0.25) is 0 Å². The number of nitrogens with zero attached hydrogens (tertiary/aromatic N) is 1. The number of rotatable bonds is 1. The summed E-state index contributed by atoms with van der Waals surface area (Å²) in [5, 5.41) is 0.547. The van der Waals surface area contributed by atoms with Crippen LogP contribution in [0.15, 0.2) is 18.2 Å². The number of anilines is 1. The van der Waals surface area contributed by atoms with E-state index >= 15 is 0 Å². The van der Waals surface area contributed by atoms with E-state index in [1.807, 2.05) is 0 Å². The zero-order valence-corrected chi connectivity index (χ0v) is 8.01. The Morgan fingerprint density at radius 1 is 1.33 bits per heavy atom. The second kappa shape index (κ2) is 3.43. The summed E-state index contributed by atoms with van der Waals surface area (Å²) in [7, 11) is 0. The fraction of sp³-hybridized carbons (Fsp3) is 0.100. The number of pyridine rings is 1. The molecule has 3 N–H and O–H groups in total. The summed E-state index contributed by atoms with van der Waals surface area (Å²) in [5.41, 5.74) is 3.09. The summed E-state index contributed by atoms with van der Waals surface area (Å²) >= 11 is 0. The number of hydrogen-bond acceptors (Lipinski definition) is 3. The second-order valence-corrected chi connectivity index (χ2v) is 3.23. The largest absolute Gasteiger partial charge is 0.308 e. The van der Waals surface area contributed by atoms with Crippen molar-refractivity contribution in [1.82, 2.24) is 4.98 Å². The van der Waals surface area contributed by atoms with Crippen LogP contribution < -0.4 is 11.3 Å². The number of halogens is 2. The molecule has 1 aromatic heterocycles. The van der Waals surface area contributed by atoms with Crippen molar-refractivity contribution in [2.75, 3.05) is 5.43 Å². The van der Waals surface area contributed by atoms with Crippen molar-refractivity contribution in [3.05, 3.63) is 35.4 Å². The standard InChI is InChI=1S/C10H9F2N3/c1-5-4-6-2-3-7(11)8(12)9(6)14-10(5)15-13/h2-4H,13H2,1H3,(H,14,15). The molecule has 2 aromatic rings. The predicted octanol–water partition coefficient (Wildman–Crippen LogP) is 2.11. The molecule has 2 rings (SSSR count). The Labute approximate surface area is 84.9 Å². The number of nitrogen functional groups attached to an aromatic ring is 1. The third-order valence-electron chi connectivity index (χ3n) is 2.21. The molecule has 0 spiro atoms. The first-order valence-corrected chi connectivity index (χ1v) is 4.35. The molecule has 0 unspecified atom stereocenters. The molecular weight excluding hydrogens is 200 g/mol. The van der Waals surface area contributed by atoms with Crippen LogP contribution >= 0.6 is 0 Å². The number of aryl methyl sites for hydroxylation is 1. The zero-order valence-electron chi connectivity index (χ0n) is 8.01. The van der Waals surface area contributed by atoms with Gasteiger partial charge in [-0.05, 0) is 30.7 Å². The summed E-state index contributed by atoms with van der Waals surface area (Å²) in [6.07, 6.45) is 0. The molecule has 78 valence electrons. The molecular formula is C10H9F2N3. The molecule has 0 fully saturated rings. The first-order chi connectivity index (χ1) is 7.13. The number of nitrogens with two attached hydrogens (primary N) is 1. The predicted molar refractivity (Wildman–Crippen MR) is 54.2 cm³/mol. The monoisotopic (exact) mass is 209 g/mol. The molecule has 3 nitrogen and oxygen atoms in total. The first kappa shape index (κ1) is 9.79. The molecule has 0 aliphatic rings. The van der Waals surface area contributed by atoms with Crippen LogP contribution in [0.1, 0.15) is 5.56 Å². The average Bonchev–Trinajstić information content (AvgIpc) is 2.23. The molecule has 0 radical (unpaired) electrons. The molecule has 0 amide bonds. The Morgan fingerprint density at radius 2 is 2.07 bits per heavy atom. The normalized spacial score (nSPS) is 10.7.